The van der Waals surface area contributed by atoms with Crippen LogP contribution in [0.3, 0.4) is 0 Å². The van der Waals surface area contributed by atoms with Crippen LogP contribution in [0.15, 0.2) is 11.0 Å². The number of anilines is 1. The Labute approximate surface area is 115 Å². The van der Waals surface area contributed by atoms with Crippen molar-refractivity contribution in [3.8, 4) is 0 Å². The summed E-state index contributed by atoms with van der Waals surface area (Å²) in [5, 5.41) is 1.58. The number of carbonyl (C=O) groups is 2. The smallest absolute Gasteiger partial charge is 0.346 e. The van der Waals surface area contributed by atoms with Crippen molar-refractivity contribution in [2.24, 2.45) is 11.5 Å². The summed E-state index contributed by atoms with van der Waals surface area (Å²) in [7, 11) is -0.611. The van der Waals surface area contributed by atoms with Crippen LogP contribution >= 0.6 is 0 Å². The monoisotopic (exact) mass is 310 g/mol. The first kappa shape index (κ1) is 19.8. The molecule has 0 radical (unpaired) electrons. The minimum Gasteiger partial charge on any atom is -0.383 e. The second-order valence-corrected chi connectivity index (χ2v) is 4.53. The van der Waals surface area contributed by atoms with Gasteiger partial charge in [0.15, 0.2) is 5.82 Å². The molecule has 0 aromatic carbocycles. The number of aromatic amines is 1. The van der Waals surface area contributed by atoms with Crippen molar-refractivity contribution in [1.29, 1.82) is 0 Å². The molecule has 0 aliphatic carbocycles. The van der Waals surface area contributed by atoms with Gasteiger partial charge in [0, 0.05) is 23.3 Å². The van der Waals surface area contributed by atoms with Crippen molar-refractivity contribution >= 4 is 28.7 Å². The van der Waals surface area contributed by atoms with E-state index >= 15 is 0 Å². The zero-order valence-electron chi connectivity index (χ0n) is 10.7. The highest BCUT2D eigenvalue weighted by atomic mass is 32.2. The van der Waals surface area contributed by atoms with Crippen LogP contribution in [-0.4, -0.2) is 38.8 Å². The van der Waals surface area contributed by atoms with E-state index in [1.54, 1.807) is 17.8 Å². The number of nitrogen functional groups attached to an aromatic ring is 1. The molecule has 0 saturated carbocycles. The van der Waals surface area contributed by atoms with Crippen LogP contribution in [0.25, 0.3) is 0 Å². The zero-order chi connectivity index (χ0) is 16.3. The predicted octanol–water partition coefficient (Wildman–Crippen LogP) is -1.78. The molecule has 0 atom stereocenters. The minimum atomic E-state index is -0.938. The number of aromatic nitrogens is 2. The van der Waals surface area contributed by atoms with Crippen LogP contribution in [0.1, 0.15) is 0 Å². The molecule has 1 aromatic heterocycles. The molecule has 0 aliphatic heterocycles. The lowest BCUT2D eigenvalue weighted by Crippen LogP contribution is -2.38. The average Bonchev–Trinajstić information content (AvgIpc) is 2.22. The zero-order valence-corrected chi connectivity index (χ0v) is 11.5. The molecular weight excluding hydrogens is 295 g/mol. The summed E-state index contributed by atoms with van der Waals surface area (Å²) >= 11 is 0. The number of H-pyrrole nitrogens is 1. The maximum atomic E-state index is 12.1. The maximum absolute atomic E-state index is 12.1. The van der Waals surface area contributed by atoms with Crippen molar-refractivity contribution in [1.82, 2.24) is 15.3 Å². The second-order valence-electron chi connectivity index (χ2n) is 3.05. The molecular formula is C8H15FN6O4S. The first-order chi connectivity index (χ1) is 9.06. The van der Waals surface area contributed by atoms with Crippen molar-refractivity contribution in [2.75, 3.05) is 18.2 Å². The van der Waals surface area contributed by atoms with E-state index in [1.807, 2.05) is 4.98 Å². The Morgan fingerprint density at radius 3 is 1.95 bits per heavy atom. The van der Waals surface area contributed by atoms with Crippen molar-refractivity contribution in [3.63, 3.8) is 0 Å². The Balaban J connectivity index is 0. The lowest BCUT2D eigenvalue weighted by Gasteiger charge is -1.89. The lowest BCUT2D eigenvalue weighted by molar-refractivity contribution is 0.236. The fraction of sp³-hybridized carbons (Fsp3) is 0.250. The molecule has 0 spiro atoms. The molecule has 0 unspecified atom stereocenters. The summed E-state index contributed by atoms with van der Waals surface area (Å²) in [4.78, 5) is 34.5. The van der Waals surface area contributed by atoms with E-state index in [0.717, 1.165) is 6.20 Å². The SMILES string of the molecule is CS(C)=O.NC(=O)NC(N)=O.Nc1[nH]c(=O)ncc1F. The van der Waals surface area contributed by atoms with E-state index in [1.165, 1.54) is 0 Å². The minimum absolute atomic E-state index is 0.282. The summed E-state index contributed by atoms with van der Waals surface area (Å²) < 4.78 is 21.7. The number of urea groups is 2. The number of imide groups is 1. The molecule has 1 aromatic rings. The summed E-state index contributed by atoms with van der Waals surface area (Å²) in [5.41, 5.74) is 13.2. The molecule has 4 amide bonds. The van der Waals surface area contributed by atoms with E-state index in [2.05, 4.69) is 16.5 Å². The summed E-state index contributed by atoms with van der Waals surface area (Å²) in [6.45, 7) is 0. The number of nitrogens with one attached hydrogen (secondary N) is 2. The first-order valence-corrected chi connectivity index (χ1v) is 6.64. The van der Waals surface area contributed by atoms with Gasteiger partial charge in [-0.3, -0.25) is 14.5 Å². The third kappa shape index (κ3) is 15.5. The van der Waals surface area contributed by atoms with E-state index in [-0.39, 0.29) is 5.82 Å². The normalized spacial score (nSPS) is 8.60. The molecule has 0 saturated heterocycles. The van der Waals surface area contributed by atoms with Gasteiger partial charge < -0.3 is 17.2 Å². The molecule has 8 N–H and O–H groups in total. The fourth-order valence-electron chi connectivity index (χ4n) is 0.513. The number of primary amides is 2. The molecule has 20 heavy (non-hydrogen) atoms. The van der Waals surface area contributed by atoms with E-state index in [9.17, 15) is 23.0 Å². The van der Waals surface area contributed by atoms with Gasteiger partial charge >= 0.3 is 17.8 Å². The average molecular weight is 310 g/mol. The number of carbonyl (C=O) groups excluding carboxylic acids is 2. The molecule has 0 fully saturated rings. The van der Waals surface area contributed by atoms with E-state index < -0.39 is 34.4 Å². The van der Waals surface area contributed by atoms with Gasteiger partial charge in [-0.15, -0.1) is 0 Å². The number of halogens is 1. The van der Waals surface area contributed by atoms with Gasteiger partial charge in [-0.05, 0) is 0 Å². The third-order valence-corrected chi connectivity index (χ3v) is 1.04. The lowest BCUT2D eigenvalue weighted by atomic mass is 10.6. The fourth-order valence-corrected chi connectivity index (χ4v) is 0.513. The number of hydrogen-bond acceptors (Lipinski definition) is 6. The molecule has 1 rings (SSSR count). The van der Waals surface area contributed by atoms with Gasteiger partial charge in [0.25, 0.3) is 0 Å². The Hall–Kier alpha value is -2.50. The topological polar surface area (TPSA) is 187 Å². The van der Waals surface area contributed by atoms with Crippen LogP contribution in [0, 0.1) is 5.82 Å². The molecule has 10 nitrogen and oxygen atoms in total. The quantitative estimate of drug-likeness (QED) is 0.376. The van der Waals surface area contributed by atoms with Gasteiger partial charge in [-0.25, -0.2) is 18.8 Å². The first-order valence-electron chi connectivity index (χ1n) is 4.67. The second kappa shape index (κ2) is 10.4. The molecule has 12 heteroatoms. The summed E-state index contributed by atoms with van der Waals surface area (Å²) in [6.07, 6.45) is 4.05. The number of amides is 4. The number of nitrogens with zero attached hydrogens (tertiary/aromatic N) is 1. The summed E-state index contributed by atoms with van der Waals surface area (Å²) in [5.74, 6) is -0.996. The van der Waals surface area contributed by atoms with Gasteiger partial charge in [-0.2, -0.15) is 4.98 Å². The maximum Gasteiger partial charge on any atom is 0.346 e. The molecule has 1 heterocycles. The van der Waals surface area contributed by atoms with E-state index in [0.29, 0.717) is 0 Å². The molecule has 0 bridgehead atoms. The Morgan fingerprint density at radius 1 is 1.35 bits per heavy atom. The molecule has 0 aliphatic rings. The van der Waals surface area contributed by atoms with Crippen LogP contribution in [0.5, 0.6) is 0 Å². The highest BCUT2D eigenvalue weighted by molar-refractivity contribution is 7.83. The van der Waals surface area contributed by atoms with Crippen molar-refractivity contribution in [3.05, 3.63) is 22.5 Å². The largest absolute Gasteiger partial charge is 0.383 e. The predicted molar refractivity (Wildman–Crippen MR) is 71.5 cm³/mol. The highest BCUT2D eigenvalue weighted by Gasteiger charge is 1.95. The van der Waals surface area contributed by atoms with Gasteiger partial charge in [0.05, 0.1) is 6.20 Å². The van der Waals surface area contributed by atoms with Crippen LogP contribution in [0.2, 0.25) is 0 Å². The van der Waals surface area contributed by atoms with Crippen LogP contribution in [0.4, 0.5) is 19.8 Å². The van der Waals surface area contributed by atoms with Crippen LogP contribution < -0.4 is 28.2 Å². The van der Waals surface area contributed by atoms with Crippen molar-refractivity contribution in [2.45, 2.75) is 0 Å². The van der Waals surface area contributed by atoms with Crippen LogP contribution in [-0.2, 0) is 10.8 Å². The Kier molecular flexibility index (Phi) is 10.3. The van der Waals surface area contributed by atoms with Gasteiger partial charge in [0.1, 0.15) is 5.82 Å². The van der Waals surface area contributed by atoms with Crippen molar-refractivity contribution < 1.29 is 18.2 Å². The Bertz CT molecular complexity index is 518. The Morgan fingerprint density at radius 2 is 1.75 bits per heavy atom. The molecule has 114 valence electrons. The van der Waals surface area contributed by atoms with E-state index in [4.69, 9.17) is 5.73 Å². The third-order valence-electron chi connectivity index (χ3n) is 1.04. The standard InChI is InChI=1S/C4H4FN3O.C2H5N3O2.C2H6OS/c5-2-1-7-4(9)8-3(2)6;3-1(6)5-2(4)7;1-4(2)3/h1H,(H3,6,7,8,9);(H5,3,4,5,6,7);1-2H3. The van der Waals surface area contributed by atoms with Gasteiger partial charge in [-0.1, -0.05) is 0 Å². The summed E-state index contributed by atoms with van der Waals surface area (Å²) in [6, 6.07) is -1.88. The number of rotatable bonds is 0. The van der Waals surface area contributed by atoms with Gasteiger partial charge in [0.2, 0.25) is 0 Å². The number of nitrogens with two attached hydrogens (primary N) is 3. The highest BCUT2D eigenvalue weighted by Crippen LogP contribution is 1.96. The number of hydrogen-bond donors (Lipinski definition) is 5.